The number of hydrogen-bond donors (Lipinski definition) is 2. The molecule has 1 fully saturated rings. The lowest BCUT2D eigenvalue weighted by Gasteiger charge is -2.25. The Labute approximate surface area is 135 Å². The molecular formula is C13H22N4O3S2. The van der Waals surface area contributed by atoms with Gasteiger partial charge in [-0.25, -0.2) is 12.7 Å². The third kappa shape index (κ3) is 4.72. The molecular weight excluding hydrogens is 324 g/mol. The zero-order valence-corrected chi connectivity index (χ0v) is 14.3. The number of sulfonamides is 1. The number of aromatic nitrogens is 2. The van der Waals surface area contributed by atoms with Crippen molar-refractivity contribution in [2.75, 3.05) is 36.9 Å². The van der Waals surface area contributed by atoms with Crippen molar-refractivity contribution in [1.82, 2.24) is 19.8 Å². The fourth-order valence-corrected chi connectivity index (χ4v) is 4.70. The Morgan fingerprint density at radius 1 is 1.45 bits per heavy atom. The van der Waals surface area contributed by atoms with Crippen LogP contribution >= 0.6 is 11.8 Å². The minimum absolute atomic E-state index is 0.0738. The van der Waals surface area contributed by atoms with Gasteiger partial charge in [0.15, 0.2) is 0 Å². The topological polar surface area (TPSA) is 95.2 Å². The molecule has 0 unspecified atom stereocenters. The Kier molecular flexibility index (Phi) is 6.27. The van der Waals surface area contributed by atoms with E-state index < -0.39 is 10.0 Å². The van der Waals surface area contributed by atoms with Gasteiger partial charge in [0.05, 0.1) is 5.75 Å². The van der Waals surface area contributed by atoms with E-state index in [4.69, 9.17) is 0 Å². The van der Waals surface area contributed by atoms with Crippen LogP contribution < -0.4 is 5.32 Å². The van der Waals surface area contributed by atoms with Crippen molar-refractivity contribution < 1.29 is 13.2 Å². The summed E-state index contributed by atoms with van der Waals surface area (Å²) < 4.78 is 25.8. The Balaban J connectivity index is 1.80. The third-order valence-electron chi connectivity index (χ3n) is 3.39. The molecule has 0 atom stereocenters. The van der Waals surface area contributed by atoms with Gasteiger partial charge in [0.25, 0.3) is 5.91 Å². The third-order valence-corrected chi connectivity index (χ3v) is 6.21. The van der Waals surface area contributed by atoms with E-state index in [9.17, 15) is 13.2 Å². The average Bonchev–Trinajstić information content (AvgIpc) is 2.97. The molecule has 1 saturated heterocycles. The summed E-state index contributed by atoms with van der Waals surface area (Å²) in [6.07, 6.45) is 1.80. The standard InChI is InChI=1S/C13H22N4O3S2/c1-2-3-11-10-12(16-15-11)13(18)14-4-9-22(19,20)17-5-7-21-8-6-17/h10H,2-9H2,1H3,(H,14,18)(H,15,16). The summed E-state index contributed by atoms with van der Waals surface area (Å²) in [4.78, 5) is 11.9. The van der Waals surface area contributed by atoms with E-state index in [0.29, 0.717) is 18.8 Å². The summed E-state index contributed by atoms with van der Waals surface area (Å²) in [6.45, 7) is 3.26. The van der Waals surface area contributed by atoms with Gasteiger partial charge in [-0.05, 0) is 12.5 Å². The Morgan fingerprint density at radius 3 is 2.86 bits per heavy atom. The van der Waals surface area contributed by atoms with Crippen LogP contribution in [0, 0.1) is 0 Å². The molecule has 7 nitrogen and oxygen atoms in total. The highest BCUT2D eigenvalue weighted by molar-refractivity contribution is 7.99. The van der Waals surface area contributed by atoms with Crippen molar-refractivity contribution in [3.8, 4) is 0 Å². The summed E-state index contributed by atoms with van der Waals surface area (Å²) >= 11 is 1.76. The second-order valence-corrected chi connectivity index (χ2v) is 8.42. The van der Waals surface area contributed by atoms with E-state index in [1.54, 1.807) is 17.8 Å². The SMILES string of the molecule is CCCc1cc(C(=O)NCCS(=O)(=O)N2CCSCC2)n[nH]1. The minimum Gasteiger partial charge on any atom is -0.350 e. The molecule has 2 N–H and O–H groups in total. The fourth-order valence-electron chi connectivity index (χ4n) is 2.21. The van der Waals surface area contributed by atoms with E-state index in [2.05, 4.69) is 15.5 Å². The predicted octanol–water partition coefficient (Wildman–Crippen LogP) is 0.471. The summed E-state index contributed by atoms with van der Waals surface area (Å²) in [5, 5.41) is 9.36. The van der Waals surface area contributed by atoms with Crippen molar-refractivity contribution >= 4 is 27.7 Å². The van der Waals surface area contributed by atoms with Crippen molar-refractivity contribution in [2.24, 2.45) is 0 Å². The van der Waals surface area contributed by atoms with Crippen LogP contribution in [0.15, 0.2) is 6.07 Å². The first-order chi connectivity index (χ1) is 10.5. The van der Waals surface area contributed by atoms with E-state index in [-0.39, 0.29) is 18.2 Å². The van der Waals surface area contributed by atoms with Crippen LogP contribution in [0.2, 0.25) is 0 Å². The van der Waals surface area contributed by atoms with Crippen molar-refractivity contribution in [3.63, 3.8) is 0 Å². The molecule has 0 spiro atoms. The summed E-state index contributed by atoms with van der Waals surface area (Å²) in [5.41, 5.74) is 1.21. The highest BCUT2D eigenvalue weighted by Gasteiger charge is 2.24. The maximum Gasteiger partial charge on any atom is 0.271 e. The molecule has 2 heterocycles. The molecule has 2 rings (SSSR count). The van der Waals surface area contributed by atoms with Gasteiger partial charge >= 0.3 is 0 Å². The first-order valence-electron chi connectivity index (χ1n) is 7.41. The quantitative estimate of drug-likeness (QED) is 0.748. The Morgan fingerprint density at radius 2 is 2.18 bits per heavy atom. The number of carbonyl (C=O) groups excluding carboxylic acids is 1. The molecule has 124 valence electrons. The Bertz CT molecular complexity index is 594. The molecule has 9 heteroatoms. The van der Waals surface area contributed by atoms with E-state index in [1.165, 1.54) is 4.31 Å². The zero-order chi connectivity index (χ0) is 16.0. The molecule has 0 radical (unpaired) electrons. The fraction of sp³-hybridized carbons (Fsp3) is 0.692. The van der Waals surface area contributed by atoms with Crippen molar-refractivity contribution in [1.29, 1.82) is 0 Å². The van der Waals surface area contributed by atoms with Crippen molar-refractivity contribution in [2.45, 2.75) is 19.8 Å². The van der Waals surface area contributed by atoms with E-state index >= 15 is 0 Å². The summed E-state index contributed by atoms with van der Waals surface area (Å²) in [7, 11) is -3.29. The zero-order valence-electron chi connectivity index (χ0n) is 12.7. The van der Waals surface area contributed by atoms with Gasteiger partial charge in [-0.1, -0.05) is 13.3 Å². The lowest BCUT2D eigenvalue weighted by molar-refractivity contribution is 0.0951. The second kappa shape index (κ2) is 7.98. The minimum atomic E-state index is -3.29. The Hall–Kier alpha value is -1.06. The number of thioether (sulfide) groups is 1. The molecule has 1 aliphatic heterocycles. The molecule has 0 aromatic carbocycles. The number of H-pyrrole nitrogens is 1. The number of rotatable bonds is 7. The van der Waals surface area contributed by atoms with Gasteiger partial charge in [-0.3, -0.25) is 9.89 Å². The first-order valence-corrected chi connectivity index (χ1v) is 10.2. The summed E-state index contributed by atoms with van der Waals surface area (Å²) in [5.74, 6) is 1.25. The highest BCUT2D eigenvalue weighted by Crippen LogP contribution is 2.13. The lowest BCUT2D eigenvalue weighted by Crippen LogP contribution is -2.41. The maximum absolute atomic E-state index is 12.1. The molecule has 0 saturated carbocycles. The number of aryl methyl sites for hydroxylation is 1. The smallest absolute Gasteiger partial charge is 0.271 e. The molecule has 0 bridgehead atoms. The molecule has 0 aliphatic carbocycles. The monoisotopic (exact) mass is 346 g/mol. The van der Waals surface area contributed by atoms with Crippen molar-refractivity contribution in [3.05, 3.63) is 17.5 Å². The summed E-state index contributed by atoms with van der Waals surface area (Å²) in [6, 6.07) is 1.70. The molecule has 1 aromatic rings. The molecule has 22 heavy (non-hydrogen) atoms. The number of amides is 1. The second-order valence-electron chi connectivity index (χ2n) is 5.11. The van der Waals surface area contributed by atoms with E-state index in [1.807, 2.05) is 6.92 Å². The first kappa shape index (κ1) is 17.3. The van der Waals surface area contributed by atoms with E-state index in [0.717, 1.165) is 30.0 Å². The highest BCUT2D eigenvalue weighted by atomic mass is 32.2. The van der Waals surface area contributed by atoms with Crippen LogP contribution in [0.4, 0.5) is 0 Å². The number of nitrogens with one attached hydrogen (secondary N) is 2. The molecule has 1 amide bonds. The molecule has 1 aromatic heterocycles. The van der Waals surface area contributed by atoms with Crippen LogP contribution in [0.3, 0.4) is 0 Å². The van der Waals surface area contributed by atoms with Crippen LogP contribution in [-0.4, -0.2) is 65.7 Å². The van der Waals surface area contributed by atoms with Crippen LogP contribution in [0.1, 0.15) is 29.5 Å². The van der Waals surface area contributed by atoms with Crippen LogP contribution in [-0.2, 0) is 16.4 Å². The van der Waals surface area contributed by atoms with Crippen LogP contribution in [0.25, 0.3) is 0 Å². The van der Waals surface area contributed by atoms with Gasteiger partial charge < -0.3 is 5.32 Å². The normalized spacial score (nSPS) is 16.6. The van der Waals surface area contributed by atoms with Gasteiger partial charge in [-0.2, -0.15) is 16.9 Å². The van der Waals surface area contributed by atoms with Gasteiger partial charge in [0.1, 0.15) is 5.69 Å². The van der Waals surface area contributed by atoms with Crippen LogP contribution in [0.5, 0.6) is 0 Å². The van der Waals surface area contributed by atoms with Gasteiger partial charge in [-0.15, -0.1) is 0 Å². The number of carbonyl (C=O) groups is 1. The number of hydrogen-bond acceptors (Lipinski definition) is 5. The maximum atomic E-state index is 12.1. The number of nitrogens with zero attached hydrogens (tertiary/aromatic N) is 2. The average molecular weight is 346 g/mol. The van der Waals surface area contributed by atoms with Gasteiger partial charge in [0, 0.05) is 36.8 Å². The van der Waals surface area contributed by atoms with Gasteiger partial charge in [0.2, 0.25) is 10.0 Å². The predicted molar refractivity (Wildman–Crippen MR) is 87.6 cm³/mol. The molecule has 1 aliphatic rings. The number of aromatic amines is 1. The lowest BCUT2D eigenvalue weighted by atomic mass is 10.2. The largest absolute Gasteiger partial charge is 0.350 e.